The van der Waals surface area contributed by atoms with E-state index < -0.39 is 42.9 Å². The first-order valence-corrected chi connectivity index (χ1v) is 6.26. The third kappa shape index (κ3) is 2.98. The van der Waals surface area contributed by atoms with Crippen LogP contribution in [-0.2, 0) is 4.79 Å². The second kappa shape index (κ2) is 5.80. The smallest absolute Gasteiger partial charge is 0.337 e. The van der Waals surface area contributed by atoms with E-state index in [1.807, 2.05) is 0 Å². The first-order valence-electron chi connectivity index (χ1n) is 6.26. The fourth-order valence-corrected chi connectivity index (χ4v) is 1.98. The molecule has 0 aromatic rings. The Labute approximate surface area is 119 Å². The number of carbonyl (C=O) groups is 1. The summed E-state index contributed by atoms with van der Waals surface area (Å²) in [5.74, 6) is -22.8. The second-order valence-electron chi connectivity index (χ2n) is 4.93. The lowest BCUT2D eigenvalue weighted by atomic mass is 10.0. The van der Waals surface area contributed by atoms with Crippen molar-refractivity contribution in [3.8, 4) is 0 Å². The second-order valence-corrected chi connectivity index (χ2v) is 4.93. The van der Waals surface area contributed by atoms with Crippen LogP contribution < -0.4 is 0 Å². The highest BCUT2D eigenvalue weighted by molar-refractivity contribution is 5.85. The van der Waals surface area contributed by atoms with E-state index in [-0.39, 0.29) is 17.7 Å². The summed E-state index contributed by atoms with van der Waals surface area (Å²) in [6, 6.07) is 0. The number of likely N-dealkylation sites (tertiary alicyclic amines) is 1. The number of amides is 1. The molecule has 0 atom stereocenters. The Kier molecular flexibility index (Phi) is 4.98. The number of halogens is 9. The number of hydrogen-bond donors (Lipinski definition) is 0. The van der Waals surface area contributed by atoms with Gasteiger partial charge in [-0.25, -0.2) is 0 Å². The van der Waals surface area contributed by atoms with E-state index in [1.165, 1.54) is 0 Å². The van der Waals surface area contributed by atoms with E-state index >= 15 is 0 Å². The summed E-state index contributed by atoms with van der Waals surface area (Å²) >= 11 is 0. The van der Waals surface area contributed by atoms with Gasteiger partial charge in [0.25, 0.3) is 5.91 Å². The van der Waals surface area contributed by atoms with Gasteiger partial charge in [0.05, 0.1) is 0 Å². The maximum atomic E-state index is 13.4. The Balaban J connectivity index is 3.11. The van der Waals surface area contributed by atoms with E-state index in [9.17, 15) is 44.3 Å². The van der Waals surface area contributed by atoms with Crippen LogP contribution in [0.2, 0.25) is 0 Å². The number of carbonyl (C=O) groups excluding carboxylic acids is 1. The van der Waals surface area contributed by atoms with Gasteiger partial charge in [-0.3, -0.25) is 4.79 Å². The van der Waals surface area contributed by atoms with E-state index in [0.717, 1.165) is 0 Å². The van der Waals surface area contributed by atoms with Crippen molar-refractivity contribution in [3.05, 3.63) is 0 Å². The number of hydrogen-bond acceptors (Lipinski definition) is 1. The summed E-state index contributed by atoms with van der Waals surface area (Å²) in [6.45, 7) is -0.801. The molecule has 1 amide bonds. The molecule has 0 unspecified atom stereocenters. The van der Waals surface area contributed by atoms with Gasteiger partial charge < -0.3 is 4.90 Å². The van der Waals surface area contributed by atoms with Gasteiger partial charge in [-0.2, -0.15) is 39.5 Å². The minimum Gasteiger partial charge on any atom is -0.337 e. The van der Waals surface area contributed by atoms with Gasteiger partial charge in [-0.05, 0) is 12.8 Å². The minimum absolute atomic E-state index is 0.170. The highest BCUT2D eigenvalue weighted by atomic mass is 19.4. The summed E-state index contributed by atoms with van der Waals surface area (Å²) < 4.78 is 114. The van der Waals surface area contributed by atoms with Crippen LogP contribution in [-0.4, -0.2) is 47.8 Å². The van der Waals surface area contributed by atoms with Crippen LogP contribution in [0.4, 0.5) is 39.5 Å². The van der Waals surface area contributed by atoms with Crippen molar-refractivity contribution in [2.45, 2.75) is 49.6 Å². The normalized spacial score (nSPS) is 19.0. The Hall–Kier alpha value is -1.16. The third-order valence-electron chi connectivity index (χ3n) is 3.31. The molecule has 0 N–H and O–H groups in total. The Morgan fingerprint density at radius 2 is 1.09 bits per heavy atom. The first kappa shape index (κ1) is 18.9. The largest absolute Gasteiger partial charge is 0.460 e. The topological polar surface area (TPSA) is 20.3 Å². The van der Waals surface area contributed by atoms with Crippen molar-refractivity contribution in [1.82, 2.24) is 4.90 Å². The molecule has 1 aliphatic rings. The summed E-state index contributed by atoms with van der Waals surface area (Å²) in [6.07, 6.45) is -5.57. The van der Waals surface area contributed by atoms with Crippen LogP contribution in [0, 0.1) is 0 Å². The maximum Gasteiger partial charge on any atom is 0.460 e. The lowest BCUT2D eigenvalue weighted by Gasteiger charge is -2.35. The number of nitrogens with zero attached hydrogens (tertiary/aromatic N) is 1. The minimum atomic E-state index is -7.04. The average Bonchev–Trinajstić information content (AvgIpc) is 2.64. The maximum absolute atomic E-state index is 13.4. The molecule has 0 aromatic carbocycles. The Morgan fingerprint density at radius 1 is 0.682 bits per heavy atom. The predicted octanol–water partition coefficient (Wildman–Crippen LogP) is 3.86. The quantitative estimate of drug-likeness (QED) is 0.712. The summed E-state index contributed by atoms with van der Waals surface area (Å²) in [5.41, 5.74) is 0. The molecular formula is C11H12F9NO. The molecule has 0 radical (unpaired) electrons. The summed E-state index contributed by atoms with van der Waals surface area (Å²) in [7, 11) is 0. The molecule has 0 aliphatic carbocycles. The Bertz CT molecular complexity index is 410. The van der Waals surface area contributed by atoms with Crippen molar-refractivity contribution >= 4 is 5.91 Å². The standard InChI is InChI=1S/C11H12F9NO/c12-8(13,7(22)21-5-3-1-2-4-6-21)9(14,15)10(16,17)11(18,19)20/h1-6H2. The van der Waals surface area contributed by atoms with Gasteiger partial charge in [0.1, 0.15) is 0 Å². The van der Waals surface area contributed by atoms with E-state index in [4.69, 9.17) is 0 Å². The van der Waals surface area contributed by atoms with E-state index in [0.29, 0.717) is 12.8 Å². The Morgan fingerprint density at radius 3 is 1.45 bits per heavy atom. The monoisotopic (exact) mass is 345 g/mol. The van der Waals surface area contributed by atoms with Crippen LogP contribution in [0.25, 0.3) is 0 Å². The fraction of sp³-hybridized carbons (Fsp3) is 0.909. The van der Waals surface area contributed by atoms with Crippen LogP contribution >= 0.6 is 0 Å². The van der Waals surface area contributed by atoms with E-state index in [1.54, 1.807) is 0 Å². The molecule has 130 valence electrons. The number of alkyl halides is 9. The molecule has 22 heavy (non-hydrogen) atoms. The van der Waals surface area contributed by atoms with Gasteiger partial charge in [0.15, 0.2) is 0 Å². The summed E-state index contributed by atoms with van der Waals surface area (Å²) in [5, 5.41) is 0. The third-order valence-corrected chi connectivity index (χ3v) is 3.31. The zero-order valence-corrected chi connectivity index (χ0v) is 11.0. The molecule has 0 aromatic heterocycles. The molecule has 1 aliphatic heterocycles. The average molecular weight is 345 g/mol. The molecule has 0 saturated carbocycles. The SMILES string of the molecule is O=C(N1CCCCCC1)C(F)(F)C(F)(F)C(F)(F)C(F)(F)F. The van der Waals surface area contributed by atoms with Gasteiger partial charge in [0, 0.05) is 13.1 Å². The van der Waals surface area contributed by atoms with Crippen LogP contribution in [0.15, 0.2) is 0 Å². The zero-order valence-electron chi connectivity index (χ0n) is 11.0. The molecule has 0 spiro atoms. The fourth-order valence-electron chi connectivity index (χ4n) is 1.98. The van der Waals surface area contributed by atoms with Gasteiger partial charge in [-0.15, -0.1) is 0 Å². The molecule has 2 nitrogen and oxygen atoms in total. The molecule has 1 heterocycles. The lowest BCUT2D eigenvalue weighted by molar-refractivity contribution is -0.389. The van der Waals surface area contributed by atoms with Gasteiger partial charge in [0.2, 0.25) is 0 Å². The summed E-state index contributed by atoms with van der Waals surface area (Å²) in [4.78, 5) is 11.6. The molecule has 1 rings (SSSR count). The van der Waals surface area contributed by atoms with Crippen molar-refractivity contribution in [1.29, 1.82) is 0 Å². The molecule has 1 saturated heterocycles. The van der Waals surface area contributed by atoms with Crippen molar-refractivity contribution < 1.29 is 44.3 Å². The van der Waals surface area contributed by atoms with E-state index in [2.05, 4.69) is 0 Å². The van der Waals surface area contributed by atoms with Crippen LogP contribution in [0.1, 0.15) is 25.7 Å². The lowest BCUT2D eigenvalue weighted by Crippen LogP contribution is -2.65. The number of rotatable bonds is 3. The highest BCUT2D eigenvalue weighted by Gasteiger charge is 2.84. The molecule has 0 bridgehead atoms. The van der Waals surface area contributed by atoms with Crippen molar-refractivity contribution in [3.63, 3.8) is 0 Å². The van der Waals surface area contributed by atoms with Crippen molar-refractivity contribution in [2.24, 2.45) is 0 Å². The highest BCUT2D eigenvalue weighted by Crippen LogP contribution is 2.53. The van der Waals surface area contributed by atoms with Crippen LogP contribution in [0.3, 0.4) is 0 Å². The van der Waals surface area contributed by atoms with Crippen LogP contribution in [0.5, 0.6) is 0 Å². The predicted molar refractivity (Wildman–Crippen MR) is 55.9 cm³/mol. The zero-order chi connectivity index (χ0) is 17.4. The molecule has 1 fully saturated rings. The first-order chi connectivity index (χ1) is 9.77. The van der Waals surface area contributed by atoms with Gasteiger partial charge in [-0.1, -0.05) is 12.8 Å². The van der Waals surface area contributed by atoms with Crippen molar-refractivity contribution in [2.75, 3.05) is 13.1 Å². The molecular weight excluding hydrogens is 333 g/mol. The molecule has 11 heteroatoms. The van der Waals surface area contributed by atoms with Gasteiger partial charge >= 0.3 is 23.9 Å².